The van der Waals surface area contributed by atoms with Gasteiger partial charge in [0.15, 0.2) is 0 Å². The Morgan fingerprint density at radius 3 is 2.65 bits per heavy atom. The van der Waals surface area contributed by atoms with Gasteiger partial charge in [-0.05, 0) is 18.2 Å². The fourth-order valence-electron chi connectivity index (χ4n) is 2.97. The number of fused-ring (bicyclic) bond motifs is 1. The zero-order chi connectivity index (χ0) is 18.7. The summed E-state index contributed by atoms with van der Waals surface area (Å²) in [4.78, 5) is 26.5. The zero-order valence-corrected chi connectivity index (χ0v) is 15.3. The topological polar surface area (TPSA) is 70.7 Å². The first kappa shape index (κ1) is 18.1. The number of halogens is 1. The second-order valence-corrected chi connectivity index (χ2v) is 6.59. The van der Waals surface area contributed by atoms with E-state index in [4.69, 9.17) is 16.3 Å². The Morgan fingerprint density at radius 2 is 1.88 bits per heavy atom. The Bertz CT molecular complexity index is 839. The summed E-state index contributed by atoms with van der Waals surface area (Å²) in [6, 6.07) is 12.4. The fourth-order valence-corrected chi connectivity index (χ4v) is 3.31. The van der Waals surface area contributed by atoms with E-state index < -0.39 is 11.8 Å². The molecule has 1 heterocycles. The third-order valence-corrected chi connectivity index (χ3v) is 4.46. The molecule has 2 N–H and O–H groups in total. The number of hydrogen-bond acceptors (Lipinski definition) is 4. The lowest BCUT2D eigenvalue weighted by Crippen LogP contribution is -2.39. The van der Waals surface area contributed by atoms with Crippen LogP contribution in [0.4, 0.5) is 11.4 Å². The maximum Gasteiger partial charge on any atom is 0.313 e. The first-order valence-corrected chi connectivity index (χ1v) is 8.64. The predicted octanol–water partition coefficient (Wildman–Crippen LogP) is 2.98. The molecule has 3 rings (SSSR count). The van der Waals surface area contributed by atoms with Gasteiger partial charge in [0.2, 0.25) is 0 Å². The minimum atomic E-state index is -0.737. The lowest BCUT2D eigenvalue weighted by molar-refractivity contribution is -0.136. The number of rotatable bonds is 3. The van der Waals surface area contributed by atoms with E-state index in [0.717, 1.165) is 11.3 Å². The average molecular weight is 374 g/mol. The summed E-state index contributed by atoms with van der Waals surface area (Å²) >= 11 is 6.19. The Hall–Kier alpha value is -2.73. The molecule has 26 heavy (non-hydrogen) atoms. The molecule has 7 heteroatoms. The standard InChI is InChI=1S/C19H20ClN3O3/c1-23(2)17-13(20)7-5-8-15(17)22-19(25)18(24)21-14-10-11-26-16-9-4-3-6-12(14)16/h3-9,14H,10-11H2,1-2H3,(H,21,24)(H,22,25)/t14-/m1/s1. The maximum atomic E-state index is 12.4. The minimum absolute atomic E-state index is 0.258. The van der Waals surface area contributed by atoms with Crippen molar-refractivity contribution in [1.29, 1.82) is 0 Å². The summed E-state index contributed by atoms with van der Waals surface area (Å²) in [6.07, 6.45) is 0.607. The monoisotopic (exact) mass is 373 g/mol. The van der Waals surface area contributed by atoms with Crippen molar-refractivity contribution >= 4 is 34.8 Å². The van der Waals surface area contributed by atoms with Gasteiger partial charge in [-0.25, -0.2) is 0 Å². The summed E-state index contributed by atoms with van der Waals surface area (Å²) in [5, 5.41) is 5.91. The van der Waals surface area contributed by atoms with E-state index in [2.05, 4.69) is 10.6 Å². The molecule has 2 aromatic rings. The first-order chi connectivity index (χ1) is 12.5. The minimum Gasteiger partial charge on any atom is -0.493 e. The second kappa shape index (κ2) is 7.66. The summed E-state index contributed by atoms with van der Waals surface area (Å²) in [6.45, 7) is 0.489. The van der Waals surface area contributed by atoms with Crippen LogP contribution in [0.1, 0.15) is 18.0 Å². The number of para-hydroxylation sites is 2. The lowest BCUT2D eigenvalue weighted by Gasteiger charge is -2.26. The van der Waals surface area contributed by atoms with Crippen LogP contribution in [0.15, 0.2) is 42.5 Å². The number of anilines is 2. The quantitative estimate of drug-likeness (QED) is 0.811. The molecular weight excluding hydrogens is 354 g/mol. The van der Waals surface area contributed by atoms with Crippen LogP contribution in [-0.4, -0.2) is 32.5 Å². The van der Waals surface area contributed by atoms with Gasteiger partial charge < -0.3 is 20.3 Å². The molecule has 0 saturated heterocycles. The molecule has 136 valence electrons. The summed E-state index contributed by atoms with van der Waals surface area (Å²) in [5.41, 5.74) is 2.00. The van der Waals surface area contributed by atoms with E-state index in [1.54, 1.807) is 23.1 Å². The zero-order valence-electron chi connectivity index (χ0n) is 14.6. The van der Waals surface area contributed by atoms with E-state index in [-0.39, 0.29) is 6.04 Å². The van der Waals surface area contributed by atoms with Crippen LogP contribution >= 0.6 is 11.6 Å². The van der Waals surface area contributed by atoms with Crippen LogP contribution < -0.4 is 20.3 Å². The molecule has 2 amide bonds. The van der Waals surface area contributed by atoms with Crippen LogP contribution in [-0.2, 0) is 9.59 Å². The molecule has 1 aliphatic heterocycles. The van der Waals surface area contributed by atoms with E-state index in [0.29, 0.717) is 29.4 Å². The molecular formula is C19H20ClN3O3. The van der Waals surface area contributed by atoms with Gasteiger partial charge in [-0.2, -0.15) is 0 Å². The number of benzene rings is 2. The molecule has 2 aromatic carbocycles. The number of hydrogen-bond donors (Lipinski definition) is 2. The van der Waals surface area contributed by atoms with Crippen LogP contribution in [0.25, 0.3) is 0 Å². The highest BCUT2D eigenvalue weighted by molar-refractivity contribution is 6.40. The Labute approximate surface area is 157 Å². The number of nitrogens with one attached hydrogen (secondary N) is 2. The Balaban J connectivity index is 1.72. The highest BCUT2D eigenvalue weighted by Crippen LogP contribution is 2.33. The summed E-state index contributed by atoms with van der Waals surface area (Å²) < 4.78 is 5.57. The van der Waals surface area contributed by atoms with Gasteiger partial charge >= 0.3 is 11.8 Å². The smallest absolute Gasteiger partial charge is 0.313 e. The van der Waals surface area contributed by atoms with Crippen LogP contribution in [0.2, 0.25) is 5.02 Å². The molecule has 0 aromatic heterocycles. The molecule has 0 unspecified atom stereocenters. The van der Waals surface area contributed by atoms with Crippen molar-refractivity contribution in [3.05, 3.63) is 53.1 Å². The summed E-state index contributed by atoms with van der Waals surface area (Å²) in [5.74, 6) is -0.704. The number of carbonyl (C=O) groups is 2. The van der Waals surface area contributed by atoms with Crippen molar-refractivity contribution in [2.24, 2.45) is 0 Å². The van der Waals surface area contributed by atoms with Crippen LogP contribution in [0.5, 0.6) is 5.75 Å². The van der Waals surface area contributed by atoms with Gasteiger partial charge in [-0.3, -0.25) is 9.59 Å². The Morgan fingerprint density at radius 1 is 1.12 bits per heavy atom. The number of carbonyl (C=O) groups excluding carboxylic acids is 2. The molecule has 6 nitrogen and oxygen atoms in total. The van der Waals surface area contributed by atoms with E-state index in [1.165, 1.54) is 0 Å². The molecule has 1 atom stereocenters. The molecule has 0 spiro atoms. The van der Waals surface area contributed by atoms with Crippen molar-refractivity contribution in [2.45, 2.75) is 12.5 Å². The molecule has 1 aliphatic rings. The van der Waals surface area contributed by atoms with Crippen molar-refractivity contribution in [1.82, 2.24) is 5.32 Å². The molecule has 0 fully saturated rings. The average Bonchev–Trinajstić information content (AvgIpc) is 2.61. The molecule has 0 aliphatic carbocycles. The van der Waals surface area contributed by atoms with E-state index in [1.807, 2.05) is 38.4 Å². The molecule has 0 radical (unpaired) electrons. The van der Waals surface area contributed by atoms with E-state index >= 15 is 0 Å². The highest BCUT2D eigenvalue weighted by Gasteiger charge is 2.25. The van der Waals surface area contributed by atoms with Crippen molar-refractivity contribution in [3.8, 4) is 5.75 Å². The van der Waals surface area contributed by atoms with Gasteiger partial charge in [0.05, 0.1) is 29.0 Å². The molecule has 0 bridgehead atoms. The fraction of sp³-hybridized carbons (Fsp3) is 0.263. The number of amides is 2. The largest absolute Gasteiger partial charge is 0.493 e. The highest BCUT2D eigenvalue weighted by atomic mass is 35.5. The van der Waals surface area contributed by atoms with Crippen molar-refractivity contribution in [3.63, 3.8) is 0 Å². The van der Waals surface area contributed by atoms with Gasteiger partial charge in [-0.1, -0.05) is 35.9 Å². The number of nitrogens with zero attached hydrogens (tertiary/aromatic N) is 1. The first-order valence-electron chi connectivity index (χ1n) is 8.27. The third-order valence-electron chi connectivity index (χ3n) is 4.15. The molecule has 0 saturated carbocycles. The second-order valence-electron chi connectivity index (χ2n) is 6.19. The van der Waals surface area contributed by atoms with Gasteiger partial charge in [-0.15, -0.1) is 0 Å². The normalized spacial score (nSPS) is 15.4. The van der Waals surface area contributed by atoms with Gasteiger partial charge in [0.25, 0.3) is 0 Å². The van der Waals surface area contributed by atoms with Crippen LogP contribution in [0.3, 0.4) is 0 Å². The van der Waals surface area contributed by atoms with Gasteiger partial charge in [0, 0.05) is 26.1 Å². The van der Waals surface area contributed by atoms with Crippen molar-refractivity contribution < 1.29 is 14.3 Å². The predicted molar refractivity (Wildman–Crippen MR) is 102 cm³/mol. The maximum absolute atomic E-state index is 12.4. The van der Waals surface area contributed by atoms with E-state index in [9.17, 15) is 9.59 Å². The third kappa shape index (κ3) is 3.75. The van der Waals surface area contributed by atoms with Crippen LogP contribution in [0, 0.1) is 0 Å². The van der Waals surface area contributed by atoms with Crippen molar-refractivity contribution in [2.75, 3.05) is 30.9 Å². The lowest BCUT2D eigenvalue weighted by atomic mass is 10.0. The summed E-state index contributed by atoms with van der Waals surface area (Å²) in [7, 11) is 3.63. The Kier molecular flexibility index (Phi) is 5.32. The SMILES string of the molecule is CN(C)c1c(Cl)cccc1NC(=O)C(=O)N[C@@H]1CCOc2ccccc21. The van der Waals surface area contributed by atoms with Gasteiger partial charge in [0.1, 0.15) is 5.75 Å². The number of ether oxygens (including phenoxy) is 1.